The fourth-order valence-corrected chi connectivity index (χ4v) is 2.44. The molecule has 1 aliphatic heterocycles. The Bertz CT molecular complexity index is 813. The lowest BCUT2D eigenvalue weighted by Crippen LogP contribution is -2.49. The van der Waals surface area contributed by atoms with Crippen LogP contribution in [0.3, 0.4) is 0 Å². The molecule has 4 rings (SSSR count). The van der Waals surface area contributed by atoms with Gasteiger partial charge in [0, 0.05) is 6.07 Å². The van der Waals surface area contributed by atoms with Crippen molar-refractivity contribution in [3.8, 4) is 11.4 Å². The molecule has 0 amide bonds. The molecule has 6 nitrogen and oxygen atoms in total. The van der Waals surface area contributed by atoms with Gasteiger partial charge < -0.3 is 4.90 Å². The number of fused-ring (bicyclic) bond motifs is 1. The molecule has 3 aromatic rings. The van der Waals surface area contributed by atoms with Crippen LogP contribution in [0, 0.1) is 0 Å². The van der Waals surface area contributed by atoms with Crippen LogP contribution in [0.15, 0.2) is 30.7 Å². The topological polar surface area (TPSA) is 59.2 Å². The van der Waals surface area contributed by atoms with Crippen molar-refractivity contribution in [2.24, 2.45) is 0 Å². The molecule has 1 aliphatic rings. The van der Waals surface area contributed by atoms with E-state index >= 15 is 0 Å². The van der Waals surface area contributed by atoms with Crippen LogP contribution in [0.4, 0.5) is 10.2 Å². The van der Waals surface area contributed by atoms with E-state index in [9.17, 15) is 4.39 Å². The molecule has 0 spiro atoms. The van der Waals surface area contributed by atoms with Crippen LogP contribution in [-0.4, -0.2) is 43.8 Å². The number of hydrogen-bond donors (Lipinski definition) is 0. The van der Waals surface area contributed by atoms with Crippen LogP contribution >= 0.6 is 11.6 Å². The molecule has 0 saturated carbocycles. The summed E-state index contributed by atoms with van der Waals surface area (Å²) in [7, 11) is 0. The third-order valence-electron chi connectivity index (χ3n) is 3.41. The van der Waals surface area contributed by atoms with Crippen LogP contribution in [0.5, 0.6) is 0 Å². The van der Waals surface area contributed by atoms with Crippen molar-refractivity contribution < 1.29 is 4.39 Å². The Morgan fingerprint density at radius 1 is 1.19 bits per heavy atom. The molecule has 0 bridgehead atoms. The Labute approximate surface area is 124 Å². The monoisotopic (exact) mass is 304 g/mol. The van der Waals surface area contributed by atoms with Gasteiger partial charge in [-0.25, -0.2) is 23.9 Å². The highest BCUT2D eigenvalue weighted by Gasteiger charge is 2.27. The molecular weight excluding hydrogens is 295 g/mol. The van der Waals surface area contributed by atoms with Crippen LogP contribution in [0.2, 0.25) is 5.15 Å². The largest absolute Gasteiger partial charge is 0.349 e. The molecule has 21 heavy (non-hydrogen) atoms. The highest BCUT2D eigenvalue weighted by Crippen LogP contribution is 2.24. The SMILES string of the molecule is FC1CN(c2ccc3ncc(-c4cc(Cl)ncn4)n3n2)C1. The number of rotatable bonds is 2. The summed E-state index contributed by atoms with van der Waals surface area (Å²) in [5, 5.41) is 4.86. The predicted octanol–water partition coefficient (Wildman–Crippen LogP) is 2.00. The maximum atomic E-state index is 13.0. The van der Waals surface area contributed by atoms with Gasteiger partial charge in [0.15, 0.2) is 5.65 Å². The maximum Gasteiger partial charge on any atom is 0.154 e. The summed E-state index contributed by atoms with van der Waals surface area (Å²) in [5.74, 6) is 0.718. The summed E-state index contributed by atoms with van der Waals surface area (Å²) in [6, 6.07) is 5.34. The van der Waals surface area contributed by atoms with E-state index in [4.69, 9.17) is 11.6 Å². The Hall–Kier alpha value is -2.28. The van der Waals surface area contributed by atoms with Crippen LogP contribution < -0.4 is 4.90 Å². The van der Waals surface area contributed by atoms with E-state index in [1.165, 1.54) is 6.33 Å². The van der Waals surface area contributed by atoms with E-state index in [0.717, 1.165) is 5.82 Å². The van der Waals surface area contributed by atoms with Gasteiger partial charge in [-0.1, -0.05) is 11.6 Å². The van der Waals surface area contributed by atoms with E-state index in [1.54, 1.807) is 16.8 Å². The van der Waals surface area contributed by atoms with Gasteiger partial charge in [-0.3, -0.25) is 0 Å². The number of anilines is 1. The minimum atomic E-state index is -0.773. The Kier molecular flexibility index (Phi) is 2.75. The highest BCUT2D eigenvalue weighted by molar-refractivity contribution is 6.29. The zero-order chi connectivity index (χ0) is 14.4. The molecule has 1 saturated heterocycles. The standard InChI is InChI=1S/C13H10ClFN6/c14-11-3-9(17-7-18-11)10-4-16-12-1-2-13(19-21(10)12)20-5-8(15)6-20/h1-4,7-8H,5-6H2. The van der Waals surface area contributed by atoms with Gasteiger partial charge >= 0.3 is 0 Å². The maximum absolute atomic E-state index is 13.0. The minimum absolute atomic E-state index is 0.356. The first-order valence-corrected chi connectivity index (χ1v) is 6.80. The normalized spacial score (nSPS) is 15.4. The third-order valence-corrected chi connectivity index (χ3v) is 3.61. The summed E-state index contributed by atoms with van der Waals surface area (Å²) in [5.41, 5.74) is 2.05. The number of nitrogens with zero attached hydrogens (tertiary/aromatic N) is 6. The number of imidazole rings is 1. The van der Waals surface area contributed by atoms with E-state index in [1.807, 2.05) is 17.0 Å². The van der Waals surface area contributed by atoms with Gasteiger partial charge in [0.25, 0.3) is 0 Å². The molecule has 0 aromatic carbocycles. The summed E-state index contributed by atoms with van der Waals surface area (Å²) in [6.45, 7) is 0.754. The van der Waals surface area contributed by atoms with Gasteiger partial charge in [-0.2, -0.15) is 0 Å². The molecule has 4 heterocycles. The Balaban J connectivity index is 1.81. The zero-order valence-electron chi connectivity index (χ0n) is 10.8. The lowest BCUT2D eigenvalue weighted by atomic mass is 10.2. The van der Waals surface area contributed by atoms with E-state index in [-0.39, 0.29) is 0 Å². The molecule has 0 radical (unpaired) electrons. The van der Waals surface area contributed by atoms with Gasteiger partial charge in [-0.05, 0) is 12.1 Å². The van der Waals surface area contributed by atoms with Crippen molar-refractivity contribution in [1.82, 2.24) is 24.6 Å². The second-order valence-corrected chi connectivity index (χ2v) is 5.22. The van der Waals surface area contributed by atoms with Crippen molar-refractivity contribution in [1.29, 1.82) is 0 Å². The number of halogens is 2. The molecule has 0 atom stereocenters. The molecular formula is C13H10ClFN6. The Morgan fingerprint density at radius 3 is 2.81 bits per heavy atom. The molecule has 8 heteroatoms. The van der Waals surface area contributed by atoms with Gasteiger partial charge in [0.1, 0.15) is 29.2 Å². The minimum Gasteiger partial charge on any atom is -0.349 e. The average Bonchev–Trinajstić information content (AvgIpc) is 2.87. The first kappa shape index (κ1) is 12.5. The van der Waals surface area contributed by atoms with Crippen LogP contribution in [0.1, 0.15) is 0 Å². The Morgan fingerprint density at radius 2 is 2.05 bits per heavy atom. The lowest BCUT2D eigenvalue weighted by molar-refractivity contribution is 0.273. The fraction of sp³-hybridized carbons (Fsp3) is 0.231. The van der Waals surface area contributed by atoms with Crippen LogP contribution in [-0.2, 0) is 0 Å². The molecule has 1 fully saturated rings. The molecule has 0 unspecified atom stereocenters. The van der Waals surface area contributed by atoms with Crippen molar-refractivity contribution in [2.75, 3.05) is 18.0 Å². The van der Waals surface area contributed by atoms with Gasteiger partial charge in [0.2, 0.25) is 0 Å². The third kappa shape index (κ3) is 2.09. The second-order valence-electron chi connectivity index (χ2n) is 4.83. The quantitative estimate of drug-likeness (QED) is 0.678. The first-order chi connectivity index (χ1) is 10.2. The summed E-state index contributed by atoms with van der Waals surface area (Å²) in [4.78, 5) is 14.2. The number of hydrogen-bond acceptors (Lipinski definition) is 5. The van der Waals surface area contributed by atoms with Gasteiger partial charge in [-0.15, -0.1) is 5.10 Å². The van der Waals surface area contributed by atoms with Crippen molar-refractivity contribution >= 4 is 23.1 Å². The fourth-order valence-electron chi connectivity index (χ4n) is 2.29. The summed E-state index contributed by atoms with van der Waals surface area (Å²) in [6.07, 6.45) is 2.30. The van der Waals surface area contributed by atoms with E-state index in [0.29, 0.717) is 35.3 Å². The van der Waals surface area contributed by atoms with E-state index in [2.05, 4.69) is 20.1 Å². The first-order valence-electron chi connectivity index (χ1n) is 6.42. The van der Waals surface area contributed by atoms with Crippen molar-refractivity contribution in [2.45, 2.75) is 6.17 Å². The molecule has 3 aromatic heterocycles. The predicted molar refractivity (Wildman–Crippen MR) is 76.1 cm³/mol. The van der Waals surface area contributed by atoms with Gasteiger partial charge in [0.05, 0.1) is 25.0 Å². The van der Waals surface area contributed by atoms with Crippen molar-refractivity contribution in [3.63, 3.8) is 0 Å². The molecule has 0 aliphatic carbocycles. The van der Waals surface area contributed by atoms with Crippen molar-refractivity contribution in [3.05, 3.63) is 35.9 Å². The number of aromatic nitrogens is 5. The molecule has 0 N–H and O–H groups in total. The highest BCUT2D eigenvalue weighted by atomic mass is 35.5. The smallest absolute Gasteiger partial charge is 0.154 e. The van der Waals surface area contributed by atoms with Crippen LogP contribution in [0.25, 0.3) is 17.0 Å². The summed E-state index contributed by atoms with van der Waals surface area (Å²) >= 11 is 5.89. The lowest BCUT2D eigenvalue weighted by Gasteiger charge is -2.35. The van der Waals surface area contributed by atoms with E-state index < -0.39 is 6.17 Å². The second kappa shape index (κ2) is 4.63. The zero-order valence-corrected chi connectivity index (χ0v) is 11.6. The number of alkyl halides is 1. The summed E-state index contributed by atoms with van der Waals surface area (Å²) < 4.78 is 14.7. The molecule has 106 valence electrons. The average molecular weight is 305 g/mol.